The molecule has 0 saturated heterocycles. The van der Waals surface area contributed by atoms with Crippen LogP contribution in [0.1, 0.15) is 0 Å². The highest BCUT2D eigenvalue weighted by Gasteiger charge is 2.68. The number of hydrogen-bond donors (Lipinski definition) is 0. The van der Waals surface area contributed by atoms with Crippen LogP contribution in [0.3, 0.4) is 0 Å². The van der Waals surface area contributed by atoms with Gasteiger partial charge in [0.25, 0.3) is 0 Å². The van der Waals surface area contributed by atoms with Crippen LogP contribution in [0.25, 0.3) is 4.98 Å². The molecule has 0 N–H and O–H groups in total. The standard InChI is InChI=1S/C3HF6N2/c4-2(5,6)1(11-10)3(7,8)9/h1H/q+1. The second kappa shape index (κ2) is 2.56. The minimum Gasteiger partial charge on any atom is -0.163 e. The molecule has 0 radical (unpaired) electrons. The average Bonchev–Trinajstić information content (AvgIpc) is 1.56. The second-order valence-corrected chi connectivity index (χ2v) is 1.60. The molecule has 0 fully saturated rings. The Hall–Kier alpha value is -1.00. The van der Waals surface area contributed by atoms with Gasteiger partial charge in [-0.05, 0) is 0 Å². The zero-order valence-corrected chi connectivity index (χ0v) is 4.74. The summed E-state index contributed by atoms with van der Waals surface area (Å²) in [6.45, 7) is 0. The van der Waals surface area contributed by atoms with Crippen molar-refractivity contribution in [1.29, 1.82) is 5.39 Å². The third kappa shape index (κ3) is 2.61. The van der Waals surface area contributed by atoms with Gasteiger partial charge in [0.2, 0.25) is 5.39 Å². The number of halogens is 6. The molecule has 0 bridgehead atoms. The minimum absolute atomic E-state index is 1.18. The van der Waals surface area contributed by atoms with Crippen LogP contribution in [0.5, 0.6) is 0 Å². The van der Waals surface area contributed by atoms with E-state index in [2.05, 4.69) is 0 Å². The lowest BCUT2D eigenvalue weighted by molar-refractivity contribution is -0.238. The van der Waals surface area contributed by atoms with Crippen molar-refractivity contribution in [2.24, 2.45) is 0 Å². The van der Waals surface area contributed by atoms with E-state index in [4.69, 9.17) is 5.39 Å². The SMILES string of the molecule is N#[N+]C(C(F)(F)F)C(F)(F)F. The third-order valence-corrected chi connectivity index (χ3v) is 0.736. The Bertz CT molecular complexity index is 158. The summed E-state index contributed by atoms with van der Waals surface area (Å²) >= 11 is 0. The molecule has 2 nitrogen and oxygen atoms in total. The maximum absolute atomic E-state index is 11.2. The van der Waals surface area contributed by atoms with Gasteiger partial charge in [-0.3, -0.25) is 0 Å². The first-order chi connectivity index (χ1) is 4.69. The van der Waals surface area contributed by atoms with Crippen LogP contribution in [0, 0.1) is 5.39 Å². The monoisotopic (exact) mass is 179 g/mol. The van der Waals surface area contributed by atoms with Crippen LogP contribution in [-0.2, 0) is 0 Å². The van der Waals surface area contributed by atoms with Gasteiger partial charge in [0.05, 0.1) is 0 Å². The van der Waals surface area contributed by atoms with Gasteiger partial charge in [-0.25, -0.2) is 0 Å². The third-order valence-electron chi connectivity index (χ3n) is 0.736. The maximum Gasteiger partial charge on any atom is 0.499 e. The molecule has 64 valence electrons. The van der Waals surface area contributed by atoms with Crippen LogP contribution < -0.4 is 0 Å². The van der Waals surface area contributed by atoms with E-state index in [1.54, 1.807) is 0 Å². The van der Waals surface area contributed by atoms with Gasteiger partial charge in [0.15, 0.2) is 0 Å². The van der Waals surface area contributed by atoms with Gasteiger partial charge in [0.1, 0.15) is 4.98 Å². The van der Waals surface area contributed by atoms with E-state index < -0.39 is 18.4 Å². The summed E-state index contributed by atoms with van der Waals surface area (Å²) in [5.41, 5.74) is 0. The highest BCUT2D eigenvalue weighted by Crippen LogP contribution is 2.35. The summed E-state index contributed by atoms with van der Waals surface area (Å²) < 4.78 is 67.5. The molecule has 0 atom stereocenters. The van der Waals surface area contributed by atoms with Gasteiger partial charge < -0.3 is 0 Å². The van der Waals surface area contributed by atoms with Crippen LogP contribution >= 0.6 is 0 Å². The molecular formula is C3HF6N2+. The molecule has 0 spiro atoms. The zero-order chi connectivity index (χ0) is 9.28. The highest BCUT2D eigenvalue weighted by atomic mass is 19.4. The maximum atomic E-state index is 11.2. The number of rotatable bonds is 0. The van der Waals surface area contributed by atoms with E-state index in [-0.39, 0.29) is 0 Å². The first kappa shape index (κ1) is 10.0. The van der Waals surface area contributed by atoms with E-state index >= 15 is 0 Å². The van der Waals surface area contributed by atoms with Crippen LogP contribution in [0.15, 0.2) is 0 Å². The molecule has 11 heavy (non-hydrogen) atoms. The molecule has 0 amide bonds. The summed E-state index contributed by atoms with van der Waals surface area (Å²) in [4.78, 5) is 1.18. The van der Waals surface area contributed by atoms with Crippen LogP contribution in [0.2, 0.25) is 0 Å². The Morgan fingerprint density at radius 2 is 1.18 bits per heavy atom. The van der Waals surface area contributed by atoms with Crippen molar-refractivity contribution in [2.75, 3.05) is 0 Å². The Morgan fingerprint density at radius 3 is 1.18 bits per heavy atom. The normalized spacial score (nSPS) is 13.3. The summed E-state index contributed by atoms with van der Waals surface area (Å²) in [5.74, 6) is 0. The number of diazo groups is 1. The molecule has 0 aliphatic rings. The largest absolute Gasteiger partial charge is 0.499 e. The molecule has 0 aromatic heterocycles. The van der Waals surface area contributed by atoms with Gasteiger partial charge >= 0.3 is 18.4 Å². The fourth-order valence-corrected chi connectivity index (χ4v) is 0.317. The molecule has 0 rings (SSSR count). The molecule has 0 heterocycles. The Labute approximate surface area is 56.4 Å². The fraction of sp³-hybridized carbons (Fsp3) is 1.00. The van der Waals surface area contributed by atoms with Crippen LogP contribution in [0.4, 0.5) is 26.3 Å². The van der Waals surface area contributed by atoms with E-state index in [1.165, 1.54) is 4.98 Å². The lowest BCUT2D eigenvalue weighted by Gasteiger charge is -2.06. The summed E-state index contributed by atoms with van der Waals surface area (Å²) in [6, 6.07) is -4.00. The molecule has 0 aliphatic carbocycles. The predicted octanol–water partition coefficient (Wildman–Crippen LogP) is 2.33. The molecular weight excluding hydrogens is 178 g/mol. The van der Waals surface area contributed by atoms with Gasteiger partial charge in [-0.1, -0.05) is 0 Å². The van der Waals surface area contributed by atoms with E-state index in [1.807, 2.05) is 0 Å². The average molecular weight is 179 g/mol. The highest BCUT2D eigenvalue weighted by molar-refractivity contribution is 4.90. The van der Waals surface area contributed by atoms with Crippen molar-refractivity contribution >= 4 is 0 Å². The van der Waals surface area contributed by atoms with Gasteiger partial charge in [-0.15, -0.1) is 0 Å². The van der Waals surface area contributed by atoms with Crippen molar-refractivity contribution < 1.29 is 26.3 Å². The Balaban J connectivity index is 4.60. The lowest BCUT2D eigenvalue weighted by Crippen LogP contribution is -2.39. The predicted molar refractivity (Wildman–Crippen MR) is 21.0 cm³/mol. The van der Waals surface area contributed by atoms with E-state index in [0.29, 0.717) is 0 Å². The number of alkyl halides is 6. The van der Waals surface area contributed by atoms with Crippen molar-refractivity contribution in [2.45, 2.75) is 18.4 Å². The van der Waals surface area contributed by atoms with E-state index in [9.17, 15) is 26.3 Å². The molecule has 0 unspecified atom stereocenters. The molecule has 0 aromatic rings. The molecule has 0 aromatic carbocycles. The number of nitrogens with zero attached hydrogens (tertiary/aromatic N) is 2. The summed E-state index contributed by atoms with van der Waals surface area (Å²) in [6.07, 6.45) is -11.2. The Kier molecular flexibility index (Phi) is 2.33. The van der Waals surface area contributed by atoms with Gasteiger partial charge in [0, 0.05) is 0 Å². The quantitative estimate of drug-likeness (QED) is 0.414. The van der Waals surface area contributed by atoms with Crippen molar-refractivity contribution in [1.82, 2.24) is 0 Å². The van der Waals surface area contributed by atoms with Crippen molar-refractivity contribution in [3.05, 3.63) is 4.98 Å². The number of hydrogen-bond acceptors (Lipinski definition) is 1. The summed E-state index contributed by atoms with van der Waals surface area (Å²) in [5, 5.41) is 7.38. The van der Waals surface area contributed by atoms with Crippen molar-refractivity contribution in [3.8, 4) is 0 Å². The topological polar surface area (TPSA) is 28.1 Å². The smallest absolute Gasteiger partial charge is 0.163 e. The Morgan fingerprint density at radius 1 is 0.909 bits per heavy atom. The molecule has 0 saturated carbocycles. The minimum atomic E-state index is -5.59. The second-order valence-electron chi connectivity index (χ2n) is 1.60. The molecule has 8 heteroatoms. The fourth-order valence-electron chi connectivity index (χ4n) is 0.317. The first-order valence-electron chi connectivity index (χ1n) is 2.17. The summed E-state index contributed by atoms with van der Waals surface area (Å²) in [7, 11) is 0. The zero-order valence-electron chi connectivity index (χ0n) is 4.74. The van der Waals surface area contributed by atoms with Gasteiger partial charge in [-0.2, -0.15) is 26.3 Å². The van der Waals surface area contributed by atoms with E-state index in [0.717, 1.165) is 0 Å². The van der Waals surface area contributed by atoms with Crippen molar-refractivity contribution in [3.63, 3.8) is 0 Å². The lowest BCUT2D eigenvalue weighted by atomic mass is 10.3. The first-order valence-corrected chi connectivity index (χ1v) is 2.17. The van der Waals surface area contributed by atoms with Crippen LogP contribution in [-0.4, -0.2) is 18.4 Å². The molecule has 0 aliphatic heterocycles.